The van der Waals surface area contributed by atoms with Gasteiger partial charge in [0.1, 0.15) is 6.54 Å². The summed E-state index contributed by atoms with van der Waals surface area (Å²) in [5, 5.41) is 4.12. The summed E-state index contributed by atoms with van der Waals surface area (Å²) in [6, 6.07) is 5.34. The number of carbonyl (C=O) groups is 1. The van der Waals surface area contributed by atoms with Gasteiger partial charge in [-0.15, -0.1) is 0 Å². The van der Waals surface area contributed by atoms with E-state index in [-0.39, 0.29) is 25.4 Å². The smallest absolute Gasteiger partial charge is 0.340 e. The Morgan fingerprint density at radius 3 is 2.67 bits per heavy atom. The molecule has 1 aliphatic heterocycles. The van der Waals surface area contributed by atoms with Gasteiger partial charge >= 0.3 is 6.18 Å². The van der Waals surface area contributed by atoms with E-state index in [0.29, 0.717) is 13.0 Å². The van der Waals surface area contributed by atoms with Crippen molar-refractivity contribution >= 4 is 5.91 Å². The van der Waals surface area contributed by atoms with Crippen LogP contribution in [-0.2, 0) is 11.3 Å². The second kappa shape index (κ2) is 6.62. The Hall–Kier alpha value is -2.38. The Kier molecular flexibility index (Phi) is 4.55. The molecule has 0 bridgehead atoms. The minimum atomic E-state index is -4.26. The Morgan fingerprint density at radius 1 is 1.21 bits per heavy atom. The summed E-state index contributed by atoms with van der Waals surface area (Å²) in [5.41, 5.74) is 1.58. The van der Waals surface area contributed by atoms with Crippen LogP contribution in [0.1, 0.15) is 12.8 Å². The van der Waals surface area contributed by atoms with Crippen LogP contribution < -0.4 is 0 Å². The number of aromatic nitrogens is 3. The molecule has 8 heteroatoms. The highest BCUT2D eigenvalue weighted by atomic mass is 19.4. The maximum absolute atomic E-state index is 12.9. The predicted octanol–water partition coefficient (Wildman–Crippen LogP) is 2.75. The van der Waals surface area contributed by atoms with E-state index in [2.05, 4.69) is 10.1 Å². The lowest BCUT2D eigenvalue weighted by Crippen LogP contribution is -2.45. The summed E-state index contributed by atoms with van der Waals surface area (Å²) >= 11 is 0. The lowest BCUT2D eigenvalue weighted by Gasteiger charge is -2.33. The molecular weight excluding hydrogens is 321 g/mol. The molecule has 0 aromatic carbocycles. The van der Waals surface area contributed by atoms with Gasteiger partial charge in [0.05, 0.1) is 11.6 Å². The number of hydrogen-bond donors (Lipinski definition) is 0. The zero-order valence-electron chi connectivity index (χ0n) is 12.9. The number of nitrogens with zero attached hydrogens (tertiary/aromatic N) is 4. The highest BCUT2D eigenvalue weighted by molar-refractivity contribution is 5.77. The van der Waals surface area contributed by atoms with Crippen molar-refractivity contribution in [1.29, 1.82) is 0 Å². The van der Waals surface area contributed by atoms with E-state index < -0.39 is 12.1 Å². The molecule has 0 radical (unpaired) electrons. The van der Waals surface area contributed by atoms with Crippen LogP contribution in [0, 0.1) is 5.92 Å². The SMILES string of the molecule is O=C(Cn1nccc1-c1ccncc1)N1CCCC(C(F)(F)F)C1. The normalized spacial score (nSPS) is 18.6. The van der Waals surface area contributed by atoms with Crippen molar-refractivity contribution in [3.05, 3.63) is 36.8 Å². The highest BCUT2D eigenvalue weighted by Gasteiger charge is 2.42. The second-order valence-corrected chi connectivity index (χ2v) is 5.83. The number of alkyl halides is 3. The number of pyridine rings is 1. The molecule has 1 amide bonds. The van der Waals surface area contributed by atoms with Crippen LogP contribution in [-0.4, -0.2) is 44.8 Å². The molecule has 1 fully saturated rings. The van der Waals surface area contributed by atoms with Gasteiger partial charge in [-0.25, -0.2) is 0 Å². The molecule has 128 valence electrons. The van der Waals surface area contributed by atoms with E-state index in [4.69, 9.17) is 0 Å². The largest absolute Gasteiger partial charge is 0.393 e. The lowest BCUT2D eigenvalue weighted by molar-refractivity contribution is -0.188. The average Bonchev–Trinajstić information content (AvgIpc) is 3.03. The highest BCUT2D eigenvalue weighted by Crippen LogP contribution is 2.33. The number of likely N-dealkylation sites (tertiary alicyclic amines) is 1. The van der Waals surface area contributed by atoms with Crippen molar-refractivity contribution in [3.8, 4) is 11.3 Å². The Labute approximate surface area is 137 Å². The van der Waals surface area contributed by atoms with Gasteiger partial charge in [0, 0.05) is 37.2 Å². The number of rotatable bonds is 3. The van der Waals surface area contributed by atoms with E-state index in [0.717, 1.165) is 11.3 Å². The van der Waals surface area contributed by atoms with E-state index in [1.807, 2.05) is 0 Å². The third kappa shape index (κ3) is 3.58. The fraction of sp³-hybridized carbons (Fsp3) is 0.438. The molecular formula is C16H17F3N4O. The fourth-order valence-corrected chi connectivity index (χ4v) is 2.93. The zero-order valence-corrected chi connectivity index (χ0v) is 12.9. The first-order valence-electron chi connectivity index (χ1n) is 7.72. The van der Waals surface area contributed by atoms with Crippen molar-refractivity contribution in [3.63, 3.8) is 0 Å². The number of hydrogen-bond acceptors (Lipinski definition) is 3. The molecule has 0 aliphatic carbocycles. The first-order chi connectivity index (χ1) is 11.4. The molecule has 3 heterocycles. The van der Waals surface area contributed by atoms with Gasteiger partial charge in [-0.1, -0.05) is 0 Å². The van der Waals surface area contributed by atoms with Crippen LogP contribution >= 0.6 is 0 Å². The average molecular weight is 338 g/mol. The van der Waals surface area contributed by atoms with Crippen molar-refractivity contribution in [1.82, 2.24) is 19.7 Å². The third-order valence-electron chi connectivity index (χ3n) is 4.21. The van der Waals surface area contributed by atoms with E-state index >= 15 is 0 Å². The number of halogens is 3. The van der Waals surface area contributed by atoms with Crippen LogP contribution in [0.4, 0.5) is 13.2 Å². The molecule has 1 atom stereocenters. The summed E-state index contributed by atoms with van der Waals surface area (Å²) in [6.07, 6.45) is 1.02. The summed E-state index contributed by atoms with van der Waals surface area (Å²) in [6.45, 7) is 0.0146. The van der Waals surface area contributed by atoms with Crippen molar-refractivity contribution in [2.45, 2.75) is 25.6 Å². The maximum atomic E-state index is 12.9. The second-order valence-electron chi connectivity index (χ2n) is 5.83. The first kappa shape index (κ1) is 16.5. The van der Waals surface area contributed by atoms with E-state index in [1.165, 1.54) is 9.58 Å². The quantitative estimate of drug-likeness (QED) is 0.865. The van der Waals surface area contributed by atoms with Crippen LogP contribution in [0.2, 0.25) is 0 Å². The summed E-state index contributed by atoms with van der Waals surface area (Å²) in [5.74, 6) is -1.78. The van der Waals surface area contributed by atoms with Gasteiger partial charge in [0.15, 0.2) is 0 Å². The molecule has 5 nitrogen and oxygen atoms in total. The molecule has 0 spiro atoms. The molecule has 1 saturated heterocycles. The third-order valence-corrected chi connectivity index (χ3v) is 4.21. The van der Waals surface area contributed by atoms with E-state index in [1.54, 1.807) is 36.8 Å². The van der Waals surface area contributed by atoms with Crippen LogP contribution in [0.15, 0.2) is 36.8 Å². The van der Waals surface area contributed by atoms with Crippen LogP contribution in [0.25, 0.3) is 11.3 Å². The number of amides is 1. The van der Waals surface area contributed by atoms with E-state index in [9.17, 15) is 18.0 Å². The molecule has 1 unspecified atom stereocenters. The van der Waals surface area contributed by atoms with Crippen molar-refractivity contribution < 1.29 is 18.0 Å². The standard InChI is InChI=1S/C16H17F3N4O/c17-16(18,19)13-2-1-9-22(10-13)15(24)11-23-14(5-8-21-23)12-3-6-20-7-4-12/h3-8,13H,1-2,9-11H2. The van der Waals surface area contributed by atoms with Gasteiger partial charge in [-0.3, -0.25) is 14.5 Å². The molecule has 24 heavy (non-hydrogen) atoms. The Balaban J connectivity index is 1.71. The number of carbonyl (C=O) groups excluding carboxylic acids is 1. The van der Waals surface area contributed by atoms with Gasteiger partial charge in [0.25, 0.3) is 0 Å². The number of piperidine rings is 1. The molecule has 2 aromatic rings. The van der Waals surface area contributed by atoms with Crippen LogP contribution in [0.3, 0.4) is 0 Å². The monoisotopic (exact) mass is 338 g/mol. The maximum Gasteiger partial charge on any atom is 0.393 e. The molecule has 3 rings (SSSR count). The predicted molar refractivity (Wildman–Crippen MR) is 80.8 cm³/mol. The summed E-state index contributed by atoms with van der Waals surface area (Å²) in [4.78, 5) is 17.6. The van der Waals surface area contributed by atoms with Crippen molar-refractivity contribution in [2.75, 3.05) is 13.1 Å². The van der Waals surface area contributed by atoms with Crippen molar-refractivity contribution in [2.24, 2.45) is 5.92 Å². The first-order valence-corrected chi connectivity index (χ1v) is 7.72. The van der Waals surface area contributed by atoms with Gasteiger partial charge < -0.3 is 4.90 Å². The Morgan fingerprint density at radius 2 is 1.96 bits per heavy atom. The minimum absolute atomic E-state index is 0.0742. The molecule has 0 saturated carbocycles. The molecule has 0 N–H and O–H groups in total. The topological polar surface area (TPSA) is 51.0 Å². The fourth-order valence-electron chi connectivity index (χ4n) is 2.93. The lowest BCUT2D eigenvalue weighted by atomic mass is 9.97. The van der Waals surface area contributed by atoms with Gasteiger partial charge in [0.2, 0.25) is 5.91 Å². The zero-order chi connectivity index (χ0) is 17.2. The Bertz CT molecular complexity index is 699. The molecule has 2 aromatic heterocycles. The minimum Gasteiger partial charge on any atom is -0.340 e. The van der Waals surface area contributed by atoms with Crippen LogP contribution in [0.5, 0.6) is 0 Å². The molecule has 1 aliphatic rings. The van der Waals surface area contributed by atoms with Gasteiger partial charge in [-0.05, 0) is 31.0 Å². The van der Waals surface area contributed by atoms with Gasteiger partial charge in [-0.2, -0.15) is 18.3 Å². The summed E-state index contributed by atoms with van der Waals surface area (Å²) in [7, 11) is 0. The summed E-state index contributed by atoms with van der Waals surface area (Å²) < 4.78 is 40.1.